The van der Waals surface area contributed by atoms with Crippen LogP contribution in [0.4, 0.5) is 0 Å². The van der Waals surface area contributed by atoms with E-state index in [0.29, 0.717) is 5.92 Å². The Labute approximate surface area is 95.1 Å². The van der Waals surface area contributed by atoms with Crippen molar-refractivity contribution in [2.24, 2.45) is 0 Å². The monoisotopic (exact) mass is 170 g/mol. The maximum absolute atomic E-state index is 11.5. The number of rotatable bonds is 1. The third-order valence-electron chi connectivity index (χ3n) is 2.26. The van der Waals surface area contributed by atoms with Gasteiger partial charge in [-0.25, -0.2) is 0 Å². The van der Waals surface area contributed by atoms with Crippen LogP contribution in [0.1, 0.15) is 29.9 Å². The van der Waals surface area contributed by atoms with Gasteiger partial charge in [-0.15, -0.1) is 5.75 Å². The molecule has 0 aliphatic heterocycles. The van der Waals surface area contributed by atoms with E-state index in [9.17, 15) is 5.11 Å². The summed E-state index contributed by atoms with van der Waals surface area (Å²) in [6.07, 6.45) is 2.41. The average Bonchev–Trinajstić information content (AvgIpc) is 2.77. The van der Waals surface area contributed by atoms with Crippen LogP contribution in [0, 0.1) is 6.92 Å². The smallest absolute Gasteiger partial charge is 0.872 e. The zero-order chi connectivity index (χ0) is 7.84. The summed E-state index contributed by atoms with van der Waals surface area (Å²) in [6, 6.07) is 5.82. The average molecular weight is 170 g/mol. The summed E-state index contributed by atoms with van der Waals surface area (Å²) in [5.74, 6) is 0.845. The Balaban J connectivity index is 0.000000720. The zero-order valence-electron chi connectivity index (χ0n) is 7.63. The molecule has 12 heavy (non-hydrogen) atoms. The van der Waals surface area contributed by atoms with Crippen LogP contribution in [0.15, 0.2) is 18.2 Å². The van der Waals surface area contributed by atoms with E-state index in [-0.39, 0.29) is 35.3 Å². The fourth-order valence-electron chi connectivity index (χ4n) is 1.39. The molecule has 58 valence electrons. The van der Waals surface area contributed by atoms with Crippen molar-refractivity contribution in [1.29, 1.82) is 0 Å². The summed E-state index contributed by atoms with van der Waals surface area (Å²) < 4.78 is 0. The molecule has 1 nitrogen and oxygen atoms in total. The van der Waals surface area contributed by atoms with Gasteiger partial charge in [0.25, 0.3) is 0 Å². The van der Waals surface area contributed by atoms with Crippen molar-refractivity contribution in [2.75, 3.05) is 0 Å². The minimum Gasteiger partial charge on any atom is -0.872 e. The van der Waals surface area contributed by atoms with Gasteiger partial charge in [-0.3, -0.25) is 0 Å². The van der Waals surface area contributed by atoms with Gasteiger partial charge in [0.2, 0.25) is 0 Å². The molecule has 2 rings (SSSR count). The molecule has 1 aromatic rings. The number of hydrogen-bond acceptors (Lipinski definition) is 1. The number of aryl methyl sites for hydroxylation is 1. The molecule has 0 spiro atoms. The molecule has 1 aliphatic rings. The molecular formula is C10H11NaO. The third-order valence-corrected chi connectivity index (χ3v) is 2.26. The summed E-state index contributed by atoms with van der Waals surface area (Å²) in [4.78, 5) is 0. The summed E-state index contributed by atoms with van der Waals surface area (Å²) >= 11 is 0. The van der Waals surface area contributed by atoms with E-state index in [1.807, 2.05) is 25.1 Å². The Morgan fingerprint density at radius 2 is 2.00 bits per heavy atom. The molecule has 0 radical (unpaired) electrons. The molecule has 0 bridgehead atoms. The molecule has 0 heterocycles. The number of benzene rings is 1. The molecule has 2 heteroatoms. The Morgan fingerprint density at radius 1 is 1.33 bits per heavy atom. The van der Waals surface area contributed by atoms with Gasteiger partial charge in [0.05, 0.1) is 0 Å². The fraction of sp³-hybridized carbons (Fsp3) is 0.400. The van der Waals surface area contributed by atoms with Gasteiger partial charge < -0.3 is 5.11 Å². The van der Waals surface area contributed by atoms with Crippen molar-refractivity contribution in [2.45, 2.75) is 25.7 Å². The van der Waals surface area contributed by atoms with Crippen molar-refractivity contribution in [3.05, 3.63) is 29.3 Å². The topological polar surface area (TPSA) is 23.1 Å². The van der Waals surface area contributed by atoms with Crippen LogP contribution in [0.25, 0.3) is 0 Å². The Hall–Kier alpha value is 0.0200. The molecule has 1 aliphatic carbocycles. The Kier molecular flexibility index (Phi) is 3.22. The minimum atomic E-state index is 0. The second kappa shape index (κ2) is 3.82. The maximum Gasteiger partial charge on any atom is 1.00 e. The van der Waals surface area contributed by atoms with Gasteiger partial charge in [0.15, 0.2) is 0 Å². The molecular weight excluding hydrogens is 159 g/mol. The van der Waals surface area contributed by atoms with Crippen molar-refractivity contribution >= 4 is 0 Å². The second-order valence-electron chi connectivity index (χ2n) is 3.27. The van der Waals surface area contributed by atoms with Gasteiger partial charge in [0.1, 0.15) is 0 Å². The van der Waals surface area contributed by atoms with Crippen LogP contribution in [-0.4, -0.2) is 0 Å². The molecule has 1 aromatic carbocycles. The molecule has 0 aromatic heterocycles. The fourth-order valence-corrected chi connectivity index (χ4v) is 1.39. The van der Waals surface area contributed by atoms with E-state index in [0.717, 1.165) is 11.1 Å². The van der Waals surface area contributed by atoms with Crippen molar-refractivity contribution in [3.8, 4) is 5.75 Å². The van der Waals surface area contributed by atoms with Gasteiger partial charge >= 0.3 is 29.6 Å². The van der Waals surface area contributed by atoms with E-state index in [1.165, 1.54) is 12.8 Å². The second-order valence-corrected chi connectivity index (χ2v) is 3.27. The van der Waals surface area contributed by atoms with Crippen LogP contribution in [-0.2, 0) is 0 Å². The first-order valence-corrected chi connectivity index (χ1v) is 4.05. The van der Waals surface area contributed by atoms with E-state index in [1.54, 1.807) is 0 Å². The van der Waals surface area contributed by atoms with E-state index >= 15 is 0 Å². The largest absolute Gasteiger partial charge is 1.00 e. The molecule has 0 atom stereocenters. The minimum absolute atomic E-state index is 0. The van der Waals surface area contributed by atoms with Crippen LogP contribution in [0.3, 0.4) is 0 Å². The first-order valence-electron chi connectivity index (χ1n) is 4.05. The maximum atomic E-state index is 11.5. The Bertz CT molecular complexity index is 279. The predicted molar refractivity (Wildman–Crippen MR) is 42.6 cm³/mol. The summed E-state index contributed by atoms with van der Waals surface area (Å²) in [5, 5.41) is 11.5. The molecule has 0 saturated heterocycles. The van der Waals surface area contributed by atoms with Crippen LogP contribution < -0.4 is 34.7 Å². The van der Waals surface area contributed by atoms with Gasteiger partial charge in [-0.2, -0.15) is 0 Å². The summed E-state index contributed by atoms with van der Waals surface area (Å²) in [7, 11) is 0. The van der Waals surface area contributed by atoms with Crippen LogP contribution >= 0.6 is 0 Å². The van der Waals surface area contributed by atoms with Crippen LogP contribution in [0.2, 0.25) is 0 Å². The summed E-state index contributed by atoms with van der Waals surface area (Å²) in [5.41, 5.74) is 1.92. The molecule has 1 saturated carbocycles. The molecule has 0 amide bonds. The summed E-state index contributed by atoms with van der Waals surface area (Å²) in [6.45, 7) is 1.88. The van der Waals surface area contributed by atoms with Gasteiger partial charge in [0, 0.05) is 0 Å². The van der Waals surface area contributed by atoms with E-state index in [4.69, 9.17) is 0 Å². The van der Waals surface area contributed by atoms with Gasteiger partial charge in [-0.1, -0.05) is 29.3 Å². The van der Waals surface area contributed by atoms with Crippen molar-refractivity contribution in [3.63, 3.8) is 0 Å². The number of para-hydroxylation sites is 1. The molecule has 0 unspecified atom stereocenters. The molecule has 1 fully saturated rings. The van der Waals surface area contributed by atoms with E-state index < -0.39 is 0 Å². The zero-order valence-corrected chi connectivity index (χ0v) is 9.63. The quantitative estimate of drug-likeness (QED) is 0.493. The number of hydrogen-bond donors (Lipinski definition) is 0. The predicted octanol–water partition coefficient (Wildman–Crippen LogP) is -1.05. The normalized spacial score (nSPS) is 15.4. The SMILES string of the molecule is Cc1cccc(C2CC2)c1[O-].[Na+]. The van der Waals surface area contributed by atoms with Crippen LogP contribution in [0.5, 0.6) is 5.75 Å². The third kappa shape index (κ3) is 1.85. The first kappa shape index (κ1) is 10.1. The van der Waals surface area contributed by atoms with Crippen molar-refractivity contribution in [1.82, 2.24) is 0 Å². The standard InChI is InChI=1S/C10H12O.Na/c1-7-3-2-4-9(10(7)11)8-5-6-8;/h2-4,8,11H,5-6H2,1H3;/q;+1/p-1. The first-order chi connectivity index (χ1) is 5.29. The van der Waals surface area contributed by atoms with Gasteiger partial charge in [-0.05, 0) is 25.7 Å². The van der Waals surface area contributed by atoms with Crippen molar-refractivity contribution < 1.29 is 34.7 Å². The Morgan fingerprint density at radius 3 is 2.58 bits per heavy atom. The molecule has 0 N–H and O–H groups in total. The van der Waals surface area contributed by atoms with E-state index in [2.05, 4.69) is 0 Å².